The van der Waals surface area contributed by atoms with Gasteiger partial charge in [0.2, 0.25) is 0 Å². The van der Waals surface area contributed by atoms with Crippen molar-refractivity contribution in [2.75, 3.05) is 26.3 Å². The summed E-state index contributed by atoms with van der Waals surface area (Å²) in [5.41, 5.74) is 6.16. The van der Waals surface area contributed by atoms with Gasteiger partial charge in [-0.05, 0) is 17.9 Å². The second-order valence-corrected chi connectivity index (χ2v) is 5.22. The van der Waals surface area contributed by atoms with Gasteiger partial charge in [-0.15, -0.1) is 11.3 Å². The van der Waals surface area contributed by atoms with Gasteiger partial charge in [0.05, 0.1) is 25.8 Å². The smallest absolute Gasteiger partial charge is 0.265 e. The Bertz CT molecular complexity index is 501. The van der Waals surface area contributed by atoms with Crippen LogP contribution in [0.5, 0.6) is 0 Å². The fourth-order valence-electron chi connectivity index (χ4n) is 2.11. The average molecular weight is 278 g/mol. The summed E-state index contributed by atoms with van der Waals surface area (Å²) in [5.74, 6) is 5.83. The van der Waals surface area contributed by atoms with Crippen molar-refractivity contribution in [3.8, 4) is 11.8 Å². The number of carbonyl (C=O) groups is 1. The standard InChI is InChI=1S/C14H18N2O2S/c1-2-12-10-18-8-7-16(12)14(17)13-11(4-3-6-15)5-9-19-13/h5,9,12H,2,6-8,10,15H2,1H3. The number of nitrogens with two attached hydrogens (primary N) is 1. The van der Waals surface area contributed by atoms with Gasteiger partial charge in [-0.3, -0.25) is 4.79 Å². The SMILES string of the molecule is CCC1COCCN1C(=O)c1sccc1C#CCN. The summed E-state index contributed by atoms with van der Waals surface area (Å²) in [6, 6.07) is 2.04. The Hall–Kier alpha value is -1.35. The highest BCUT2D eigenvalue weighted by Gasteiger charge is 2.28. The quantitative estimate of drug-likeness (QED) is 0.830. The van der Waals surface area contributed by atoms with E-state index in [1.807, 2.05) is 16.3 Å². The fraction of sp³-hybridized carbons (Fsp3) is 0.500. The summed E-state index contributed by atoms with van der Waals surface area (Å²) < 4.78 is 5.43. The van der Waals surface area contributed by atoms with Crippen LogP contribution in [0, 0.1) is 11.8 Å². The first-order valence-corrected chi connectivity index (χ1v) is 7.31. The lowest BCUT2D eigenvalue weighted by atomic mass is 10.1. The minimum Gasteiger partial charge on any atom is -0.377 e. The van der Waals surface area contributed by atoms with Crippen molar-refractivity contribution in [3.05, 3.63) is 21.9 Å². The van der Waals surface area contributed by atoms with Crippen molar-refractivity contribution < 1.29 is 9.53 Å². The van der Waals surface area contributed by atoms with Crippen LogP contribution in [0.15, 0.2) is 11.4 Å². The Morgan fingerprint density at radius 1 is 1.68 bits per heavy atom. The maximum Gasteiger partial charge on any atom is 0.265 e. The van der Waals surface area contributed by atoms with E-state index in [2.05, 4.69) is 18.8 Å². The zero-order valence-corrected chi connectivity index (χ0v) is 11.8. The number of morpholine rings is 1. The molecule has 0 spiro atoms. The normalized spacial score (nSPS) is 18.8. The van der Waals surface area contributed by atoms with E-state index in [0.29, 0.717) is 31.2 Å². The minimum absolute atomic E-state index is 0.0615. The summed E-state index contributed by atoms with van der Waals surface area (Å²) >= 11 is 1.44. The number of amides is 1. The molecule has 1 aliphatic rings. The third-order valence-corrected chi connectivity index (χ3v) is 4.05. The molecule has 1 fully saturated rings. The van der Waals surface area contributed by atoms with E-state index in [-0.39, 0.29) is 11.9 Å². The van der Waals surface area contributed by atoms with Crippen LogP contribution in [0.25, 0.3) is 0 Å². The van der Waals surface area contributed by atoms with Crippen molar-refractivity contribution >= 4 is 17.2 Å². The Morgan fingerprint density at radius 3 is 3.26 bits per heavy atom. The molecule has 1 aromatic rings. The predicted octanol–water partition coefficient (Wildman–Crippen LogP) is 1.31. The lowest BCUT2D eigenvalue weighted by molar-refractivity contribution is -0.00254. The zero-order valence-electron chi connectivity index (χ0n) is 11.0. The minimum atomic E-state index is 0.0615. The second-order valence-electron chi connectivity index (χ2n) is 4.30. The monoisotopic (exact) mass is 278 g/mol. The first kappa shape index (κ1) is 14.1. The van der Waals surface area contributed by atoms with E-state index in [0.717, 1.165) is 12.0 Å². The number of carbonyl (C=O) groups excluding carboxylic acids is 1. The van der Waals surface area contributed by atoms with Crippen LogP contribution < -0.4 is 5.73 Å². The van der Waals surface area contributed by atoms with Crippen LogP contribution in [-0.2, 0) is 4.74 Å². The van der Waals surface area contributed by atoms with Crippen molar-refractivity contribution in [1.82, 2.24) is 4.90 Å². The maximum atomic E-state index is 12.6. The second kappa shape index (κ2) is 6.71. The van der Waals surface area contributed by atoms with Crippen LogP contribution in [0.3, 0.4) is 0 Å². The van der Waals surface area contributed by atoms with Crippen LogP contribution in [0.1, 0.15) is 28.6 Å². The number of rotatable bonds is 2. The summed E-state index contributed by atoms with van der Waals surface area (Å²) in [4.78, 5) is 15.2. The van der Waals surface area contributed by atoms with E-state index < -0.39 is 0 Å². The van der Waals surface area contributed by atoms with Crippen molar-refractivity contribution in [1.29, 1.82) is 0 Å². The highest BCUT2D eigenvalue weighted by molar-refractivity contribution is 7.12. The van der Waals surface area contributed by atoms with Crippen molar-refractivity contribution in [3.63, 3.8) is 0 Å². The van der Waals surface area contributed by atoms with Gasteiger partial charge in [0.15, 0.2) is 0 Å². The molecule has 0 bridgehead atoms. The molecule has 1 amide bonds. The molecule has 0 radical (unpaired) electrons. The van der Waals surface area contributed by atoms with Crippen molar-refractivity contribution in [2.24, 2.45) is 5.73 Å². The Labute approximate surface area is 117 Å². The van der Waals surface area contributed by atoms with Gasteiger partial charge in [-0.1, -0.05) is 18.8 Å². The summed E-state index contributed by atoms with van der Waals surface area (Å²) in [5, 5.41) is 1.90. The van der Waals surface area contributed by atoms with Crippen LogP contribution in [0.4, 0.5) is 0 Å². The van der Waals surface area contributed by atoms with Gasteiger partial charge in [0, 0.05) is 12.1 Å². The van der Waals surface area contributed by atoms with Gasteiger partial charge >= 0.3 is 0 Å². The molecule has 0 aromatic carbocycles. The topological polar surface area (TPSA) is 55.6 Å². The maximum absolute atomic E-state index is 12.6. The molecule has 4 nitrogen and oxygen atoms in total. The first-order chi connectivity index (χ1) is 9.27. The molecule has 2 heterocycles. The molecular weight excluding hydrogens is 260 g/mol. The molecule has 0 saturated carbocycles. The number of ether oxygens (including phenoxy) is 1. The first-order valence-electron chi connectivity index (χ1n) is 6.43. The molecule has 2 rings (SSSR count). The predicted molar refractivity (Wildman–Crippen MR) is 76.2 cm³/mol. The van der Waals surface area contributed by atoms with Crippen molar-refractivity contribution in [2.45, 2.75) is 19.4 Å². The van der Waals surface area contributed by atoms with E-state index in [1.165, 1.54) is 11.3 Å². The fourth-order valence-corrected chi connectivity index (χ4v) is 2.91. The summed E-state index contributed by atoms with van der Waals surface area (Å²) in [6.07, 6.45) is 0.904. The lowest BCUT2D eigenvalue weighted by Gasteiger charge is -2.34. The Morgan fingerprint density at radius 2 is 2.53 bits per heavy atom. The Kier molecular flexibility index (Phi) is 4.97. The molecule has 0 aliphatic carbocycles. The highest BCUT2D eigenvalue weighted by atomic mass is 32.1. The van der Waals surface area contributed by atoms with Crippen LogP contribution >= 0.6 is 11.3 Å². The molecule has 1 aromatic heterocycles. The molecule has 1 aliphatic heterocycles. The van der Waals surface area contributed by atoms with Gasteiger partial charge in [0.1, 0.15) is 4.88 Å². The summed E-state index contributed by atoms with van der Waals surface area (Å²) in [6.45, 7) is 4.26. The van der Waals surface area contributed by atoms with Gasteiger partial charge in [-0.2, -0.15) is 0 Å². The number of nitrogens with zero attached hydrogens (tertiary/aromatic N) is 1. The third-order valence-electron chi connectivity index (χ3n) is 3.14. The van der Waals surface area contributed by atoms with E-state index in [4.69, 9.17) is 10.5 Å². The van der Waals surface area contributed by atoms with Crippen LogP contribution in [-0.4, -0.2) is 43.2 Å². The number of hydrogen-bond donors (Lipinski definition) is 1. The molecular formula is C14H18N2O2S. The molecule has 5 heteroatoms. The molecule has 1 saturated heterocycles. The largest absolute Gasteiger partial charge is 0.377 e. The average Bonchev–Trinajstić information content (AvgIpc) is 2.92. The Balaban J connectivity index is 2.21. The van der Waals surface area contributed by atoms with E-state index in [1.54, 1.807) is 0 Å². The molecule has 1 unspecified atom stereocenters. The lowest BCUT2D eigenvalue weighted by Crippen LogP contribution is -2.48. The van der Waals surface area contributed by atoms with Gasteiger partial charge in [0.25, 0.3) is 5.91 Å². The molecule has 19 heavy (non-hydrogen) atoms. The number of hydrogen-bond acceptors (Lipinski definition) is 4. The van der Waals surface area contributed by atoms with Crippen LogP contribution in [0.2, 0.25) is 0 Å². The molecule has 102 valence electrons. The van der Waals surface area contributed by atoms with Gasteiger partial charge < -0.3 is 15.4 Å². The van der Waals surface area contributed by atoms with E-state index in [9.17, 15) is 4.79 Å². The molecule has 1 atom stereocenters. The van der Waals surface area contributed by atoms with E-state index >= 15 is 0 Å². The highest BCUT2D eigenvalue weighted by Crippen LogP contribution is 2.21. The number of thiophene rings is 1. The third kappa shape index (κ3) is 3.16. The van der Waals surface area contributed by atoms with Gasteiger partial charge in [-0.25, -0.2) is 0 Å². The molecule has 2 N–H and O–H groups in total. The zero-order chi connectivity index (χ0) is 13.7. The summed E-state index contributed by atoms with van der Waals surface area (Å²) in [7, 11) is 0.